The number of hydrogen-bond acceptors (Lipinski definition) is 4. The predicted molar refractivity (Wildman–Crippen MR) is 82.7 cm³/mol. The molecule has 0 aliphatic rings. The molecular weight excluding hydrogens is 343 g/mol. The van der Waals surface area contributed by atoms with Crippen LogP contribution in [0.15, 0.2) is 59.9 Å². The standard InChI is InChI=1S/C15H10F3N3O2S/c16-15(17,18)23-11-7-10-3-1-6-20-14(10)13(8-11)21-24(22)12-4-2-5-19-9-12/h1-9,21H. The van der Waals surface area contributed by atoms with Crippen molar-refractivity contribution >= 4 is 27.6 Å². The van der Waals surface area contributed by atoms with Crippen molar-refractivity contribution in [1.82, 2.24) is 9.97 Å². The molecule has 1 aromatic carbocycles. The van der Waals surface area contributed by atoms with Gasteiger partial charge in [0, 0.05) is 30.0 Å². The van der Waals surface area contributed by atoms with E-state index in [4.69, 9.17) is 0 Å². The summed E-state index contributed by atoms with van der Waals surface area (Å²) >= 11 is 0. The lowest BCUT2D eigenvalue weighted by Crippen LogP contribution is -2.17. The van der Waals surface area contributed by atoms with Gasteiger partial charge in [-0.05, 0) is 24.3 Å². The lowest BCUT2D eigenvalue weighted by molar-refractivity contribution is -0.274. The Balaban J connectivity index is 2.00. The van der Waals surface area contributed by atoms with Crippen LogP contribution >= 0.6 is 0 Å². The number of pyridine rings is 2. The zero-order chi connectivity index (χ0) is 17.2. The largest absolute Gasteiger partial charge is 0.573 e. The first-order chi connectivity index (χ1) is 11.4. The summed E-state index contributed by atoms with van der Waals surface area (Å²) in [7, 11) is -1.71. The molecule has 124 valence electrons. The van der Waals surface area contributed by atoms with Crippen LogP contribution in [0.5, 0.6) is 5.75 Å². The lowest BCUT2D eigenvalue weighted by Gasteiger charge is -2.13. The maximum absolute atomic E-state index is 12.5. The zero-order valence-corrected chi connectivity index (χ0v) is 12.8. The Bertz CT molecular complexity index is 888. The first kappa shape index (κ1) is 16.2. The van der Waals surface area contributed by atoms with Crippen molar-refractivity contribution < 1.29 is 22.1 Å². The highest BCUT2D eigenvalue weighted by Crippen LogP contribution is 2.31. The minimum Gasteiger partial charge on any atom is -0.406 e. The molecule has 0 aliphatic heterocycles. The van der Waals surface area contributed by atoms with Gasteiger partial charge in [-0.1, -0.05) is 6.07 Å². The molecule has 0 aliphatic carbocycles. The van der Waals surface area contributed by atoms with E-state index in [1.54, 1.807) is 24.3 Å². The second-order valence-electron chi connectivity index (χ2n) is 4.65. The summed E-state index contributed by atoms with van der Waals surface area (Å²) in [6, 6.07) is 8.69. The van der Waals surface area contributed by atoms with E-state index in [9.17, 15) is 17.4 Å². The molecule has 0 saturated heterocycles. The van der Waals surface area contributed by atoms with Crippen LogP contribution in [0.3, 0.4) is 0 Å². The van der Waals surface area contributed by atoms with Gasteiger partial charge in [0.25, 0.3) is 0 Å². The van der Waals surface area contributed by atoms with Crippen molar-refractivity contribution in [3.63, 3.8) is 0 Å². The van der Waals surface area contributed by atoms with Gasteiger partial charge in [-0.3, -0.25) is 14.7 Å². The zero-order valence-electron chi connectivity index (χ0n) is 11.9. The summed E-state index contributed by atoms with van der Waals surface area (Å²) in [6.45, 7) is 0. The molecule has 5 nitrogen and oxygen atoms in total. The Labute approximate surface area is 137 Å². The third kappa shape index (κ3) is 3.80. The molecule has 3 aromatic rings. The SMILES string of the molecule is O=S(Nc1cc(OC(F)(F)F)cc2cccnc12)c1cccnc1. The molecule has 1 unspecified atom stereocenters. The maximum Gasteiger partial charge on any atom is 0.573 e. The van der Waals surface area contributed by atoms with E-state index in [0.29, 0.717) is 15.8 Å². The van der Waals surface area contributed by atoms with Crippen LogP contribution in [0.1, 0.15) is 0 Å². The fourth-order valence-electron chi connectivity index (χ4n) is 2.05. The maximum atomic E-state index is 12.5. The number of ether oxygens (including phenoxy) is 1. The normalized spacial score (nSPS) is 12.8. The van der Waals surface area contributed by atoms with Gasteiger partial charge in [-0.2, -0.15) is 0 Å². The monoisotopic (exact) mass is 353 g/mol. The fourth-order valence-corrected chi connectivity index (χ4v) is 2.88. The van der Waals surface area contributed by atoms with Crippen LogP contribution in [0, 0.1) is 0 Å². The topological polar surface area (TPSA) is 64.1 Å². The van der Waals surface area contributed by atoms with Gasteiger partial charge in [0.2, 0.25) is 0 Å². The molecule has 0 spiro atoms. The van der Waals surface area contributed by atoms with E-state index in [1.807, 2.05) is 0 Å². The Kier molecular flexibility index (Phi) is 4.34. The smallest absolute Gasteiger partial charge is 0.406 e. The fraction of sp³-hybridized carbons (Fsp3) is 0.0667. The second-order valence-corrected chi connectivity index (χ2v) is 5.87. The van der Waals surface area contributed by atoms with Crippen LogP contribution < -0.4 is 9.46 Å². The Morgan fingerprint density at radius 3 is 2.62 bits per heavy atom. The second kappa shape index (κ2) is 6.44. The van der Waals surface area contributed by atoms with Crippen molar-refractivity contribution in [3.8, 4) is 5.75 Å². The number of hydrogen-bond donors (Lipinski definition) is 1. The summed E-state index contributed by atoms with van der Waals surface area (Å²) in [5.74, 6) is -0.423. The highest BCUT2D eigenvalue weighted by molar-refractivity contribution is 7.86. The number of nitrogens with zero attached hydrogens (tertiary/aromatic N) is 2. The molecule has 3 rings (SSSR count). The van der Waals surface area contributed by atoms with Gasteiger partial charge in [0.05, 0.1) is 16.1 Å². The van der Waals surface area contributed by atoms with Gasteiger partial charge < -0.3 is 4.74 Å². The van der Waals surface area contributed by atoms with Crippen molar-refractivity contribution in [2.24, 2.45) is 0 Å². The number of fused-ring (bicyclic) bond motifs is 1. The van der Waals surface area contributed by atoms with Crippen molar-refractivity contribution in [2.45, 2.75) is 11.3 Å². The van der Waals surface area contributed by atoms with Gasteiger partial charge in [-0.25, -0.2) is 4.21 Å². The third-order valence-electron chi connectivity index (χ3n) is 2.96. The molecule has 1 N–H and O–H groups in total. The van der Waals surface area contributed by atoms with Crippen LogP contribution in [0.25, 0.3) is 10.9 Å². The van der Waals surface area contributed by atoms with Gasteiger partial charge in [0.1, 0.15) is 5.75 Å². The minimum atomic E-state index is -4.82. The number of rotatable bonds is 4. The Hall–Kier alpha value is -2.68. The van der Waals surface area contributed by atoms with Crippen LogP contribution in [0.2, 0.25) is 0 Å². The molecule has 24 heavy (non-hydrogen) atoms. The molecule has 0 radical (unpaired) electrons. The molecule has 2 heterocycles. The first-order valence-electron chi connectivity index (χ1n) is 6.65. The summed E-state index contributed by atoms with van der Waals surface area (Å²) in [5, 5.41) is 0.421. The molecular formula is C15H10F3N3O2S. The lowest BCUT2D eigenvalue weighted by atomic mass is 10.2. The van der Waals surface area contributed by atoms with Crippen molar-refractivity contribution in [3.05, 3.63) is 55.0 Å². The molecule has 0 saturated carbocycles. The summed E-state index contributed by atoms with van der Waals surface area (Å²) in [4.78, 5) is 8.35. The van der Waals surface area contributed by atoms with Crippen LogP contribution in [-0.2, 0) is 11.0 Å². The molecule has 0 fully saturated rings. The molecule has 1 atom stereocenters. The summed E-state index contributed by atoms with van der Waals surface area (Å²) in [5.41, 5.74) is 0.541. The van der Waals surface area contributed by atoms with Gasteiger partial charge in [-0.15, -0.1) is 13.2 Å². The number of alkyl halides is 3. The highest BCUT2D eigenvalue weighted by atomic mass is 32.2. The van der Waals surface area contributed by atoms with Crippen molar-refractivity contribution in [2.75, 3.05) is 4.72 Å². The van der Waals surface area contributed by atoms with E-state index in [-0.39, 0.29) is 5.69 Å². The van der Waals surface area contributed by atoms with E-state index < -0.39 is 23.1 Å². The Morgan fingerprint density at radius 1 is 1.12 bits per heavy atom. The van der Waals surface area contributed by atoms with Gasteiger partial charge in [0.15, 0.2) is 11.0 Å². The Morgan fingerprint density at radius 2 is 1.92 bits per heavy atom. The van der Waals surface area contributed by atoms with Crippen LogP contribution in [-0.4, -0.2) is 20.5 Å². The highest BCUT2D eigenvalue weighted by Gasteiger charge is 2.31. The van der Waals surface area contributed by atoms with E-state index in [1.165, 1.54) is 24.7 Å². The summed E-state index contributed by atoms with van der Waals surface area (Å²) in [6.07, 6.45) is -0.412. The number of aromatic nitrogens is 2. The third-order valence-corrected chi connectivity index (χ3v) is 4.04. The molecule has 2 aromatic heterocycles. The van der Waals surface area contributed by atoms with Crippen LogP contribution in [0.4, 0.5) is 18.9 Å². The van der Waals surface area contributed by atoms with E-state index >= 15 is 0 Å². The average Bonchev–Trinajstić information content (AvgIpc) is 2.54. The minimum absolute atomic E-state index is 0.162. The number of anilines is 1. The van der Waals surface area contributed by atoms with Gasteiger partial charge >= 0.3 is 6.36 Å². The molecule has 0 bridgehead atoms. The molecule has 9 heteroatoms. The quantitative estimate of drug-likeness (QED) is 0.777. The number of nitrogens with one attached hydrogen (secondary N) is 1. The number of benzene rings is 1. The predicted octanol–water partition coefficient (Wildman–Crippen LogP) is 3.66. The number of halogens is 3. The molecule has 0 amide bonds. The summed E-state index contributed by atoms with van der Waals surface area (Å²) < 4.78 is 56.4. The van der Waals surface area contributed by atoms with E-state index in [0.717, 1.165) is 6.07 Å². The first-order valence-corrected chi connectivity index (χ1v) is 7.80. The average molecular weight is 353 g/mol. The van der Waals surface area contributed by atoms with Crippen molar-refractivity contribution in [1.29, 1.82) is 0 Å². The van der Waals surface area contributed by atoms with E-state index in [2.05, 4.69) is 19.4 Å².